The Morgan fingerprint density at radius 1 is 1.39 bits per heavy atom. The molecule has 1 aliphatic heterocycles. The van der Waals surface area contributed by atoms with Crippen LogP contribution in [0.3, 0.4) is 0 Å². The van der Waals surface area contributed by atoms with Gasteiger partial charge in [-0.15, -0.1) is 6.42 Å². The second-order valence-electron chi connectivity index (χ2n) is 8.24. The Morgan fingerprint density at radius 3 is 3.04 bits per heavy atom. The number of terminal acetylenes is 1. The molecule has 124 valence electrons. The molecule has 0 spiro atoms. The molecule has 1 saturated heterocycles. The second-order valence-corrected chi connectivity index (χ2v) is 8.24. The van der Waals surface area contributed by atoms with Gasteiger partial charge in [-0.25, -0.2) is 0 Å². The fourth-order valence-electron chi connectivity index (χ4n) is 6.63. The molecule has 4 bridgehead atoms. The maximum absolute atomic E-state index is 10.0. The minimum absolute atomic E-state index is 0.110. The Bertz CT molecular complexity index is 597. The van der Waals surface area contributed by atoms with Crippen molar-refractivity contribution < 1.29 is 5.11 Å². The average molecular weight is 311 g/mol. The summed E-state index contributed by atoms with van der Waals surface area (Å²) in [6.07, 6.45) is 19.0. The predicted molar refractivity (Wildman–Crippen MR) is 93.8 cm³/mol. The van der Waals surface area contributed by atoms with E-state index in [1.807, 2.05) is 0 Å². The first-order valence-corrected chi connectivity index (χ1v) is 9.34. The van der Waals surface area contributed by atoms with Gasteiger partial charge in [0.25, 0.3) is 0 Å². The summed E-state index contributed by atoms with van der Waals surface area (Å²) in [5, 5.41) is 10.0. The molecule has 2 nitrogen and oxygen atoms in total. The quantitative estimate of drug-likeness (QED) is 0.637. The van der Waals surface area contributed by atoms with Crippen LogP contribution in [0, 0.1) is 29.1 Å². The van der Waals surface area contributed by atoms with E-state index in [9.17, 15) is 5.11 Å². The highest BCUT2D eigenvalue weighted by Gasteiger charge is 2.63. The topological polar surface area (TPSA) is 23.5 Å². The van der Waals surface area contributed by atoms with Gasteiger partial charge in [-0.05, 0) is 56.3 Å². The van der Waals surface area contributed by atoms with Crippen LogP contribution < -0.4 is 0 Å². The van der Waals surface area contributed by atoms with Gasteiger partial charge < -0.3 is 5.11 Å². The maximum Gasteiger partial charge on any atom is 0.0604 e. The van der Waals surface area contributed by atoms with Gasteiger partial charge in [0.05, 0.1) is 6.54 Å². The molecule has 1 heterocycles. The molecule has 0 aromatic rings. The van der Waals surface area contributed by atoms with Crippen molar-refractivity contribution in [3.8, 4) is 12.3 Å². The van der Waals surface area contributed by atoms with Gasteiger partial charge in [0.1, 0.15) is 0 Å². The number of aliphatic hydroxyl groups excluding tert-OH is 1. The standard InChI is InChI=1S/C21H29NO/c1-3-13-22-15-17-10-9-16-6-4-7-18(16)21(12-14-23)19(22)8-5-11-20(17,21)2/h1,5,8,17,19,23H,4,6-7,9-15H2,2H3/t17-,19?,20?,21+/m1/s1. The Morgan fingerprint density at radius 2 is 2.26 bits per heavy atom. The fraction of sp³-hybridized carbons (Fsp3) is 0.714. The number of rotatable bonds is 3. The van der Waals surface area contributed by atoms with Gasteiger partial charge >= 0.3 is 0 Å². The van der Waals surface area contributed by atoms with Crippen LogP contribution in [-0.2, 0) is 0 Å². The first-order valence-electron chi connectivity index (χ1n) is 9.34. The van der Waals surface area contributed by atoms with Crippen LogP contribution in [-0.4, -0.2) is 35.7 Å². The summed E-state index contributed by atoms with van der Waals surface area (Å²) < 4.78 is 0. The lowest BCUT2D eigenvalue weighted by Gasteiger charge is -2.64. The molecule has 3 aliphatic carbocycles. The van der Waals surface area contributed by atoms with Crippen molar-refractivity contribution in [3.63, 3.8) is 0 Å². The Labute approximate surface area is 140 Å². The second kappa shape index (κ2) is 5.50. The zero-order valence-electron chi connectivity index (χ0n) is 14.4. The molecule has 0 saturated carbocycles. The molecule has 4 aliphatic rings. The Balaban J connectivity index is 1.93. The van der Waals surface area contributed by atoms with Crippen molar-refractivity contribution in [3.05, 3.63) is 23.3 Å². The Hall–Kier alpha value is -1.04. The Kier molecular flexibility index (Phi) is 3.70. The highest BCUT2D eigenvalue weighted by atomic mass is 16.3. The number of aliphatic hydroxyl groups is 1. The summed E-state index contributed by atoms with van der Waals surface area (Å²) in [5.74, 6) is 3.58. The molecule has 0 amide bonds. The number of hydrogen-bond acceptors (Lipinski definition) is 2. The van der Waals surface area contributed by atoms with E-state index in [1.165, 1.54) is 32.1 Å². The van der Waals surface area contributed by atoms with E-state index in [-0.39, 0.29) is 17.4 Å². The van der Waals surface area contributed by atoms with Crippen molar-refractivity contribution in [2.24, 2.45) is 16.7 Å². The molecular weight excluding hydrogens is 282 g/mol. The number of allylic oxidation sites excluding steroid dienone is 2. The lowest BCUT2D eigenvalue weighted by atomic mass is 9.46. The highest BCUT2D eigenvalue weighted by molar-refractivity contribution is 5.39. The van der Waals surface area contributed by atoms with E-state index in [2.05, 4.69) is 29.9 Å². The molecule has 23 heavy (non-hydrogen) atoms. The van der Waals surface area contributed by atoms with Crippen molar-refractivity contribution in [2.75, 3.05) is 19.7 Å². The smallest absolute Gasteiger partial charge is 0.0604 e. The van der Waals surface area contributed by atoms with E-state index in [0.29, 0.717) is 12.0 Å². The van der Waals surface area contributed by atoms with E-state index >= 15 is 0 Å². The minimum atomic E-state index is 0.110. The normalized spacial score (nSPS) is 42.3. The lowest BCUT2D eigenvalue weighted by molar-refractivity contribution is -0.107. The number of hydrogen-bond donors (Lipinski definition) is 1. The molecule has 0 aromatic carbocycles. The van der Waals surface area contributed by atoms with Crippen LogP contribution in [0.15, 0.2) is 23.3 Å². The summed E-state index contributed by atoms with van der Waals surface area (Å²) in [4.78, 5) is 2.53. The predicted octanol–water partition coefficient (Wildman–Crippen LogP) is 3.53. The third-order valence-corrected chi connectivity index (χ3v) is 7.60. The van der Waals surface area contributed by atoms with Crippen LogP contribution in [0.1, 0.15) is 51.9 Å². The number of piperidine rings is 1. The molecular formula is C21H29NO. The van der Waals surface area contributed by atoms with Gasteiger partial charge in [-0.1, -0.05) is 36.1 Å². The highest BCUT2D eigenvalue weighted by Crippen LogP contribution is 2.67. The van der Waals surface area contributed by atoms with Crippen LogP contribution in [0.4, 0.5) is 0 Å². The van der Waals surface area contributed by atoms with Crippen LogP contribution >= 0.6 is 0 Å². The zero-order valence-corrected chi connectivity index (χ0v) is 14.4. The third-order valence-electron chi connectivity index (χ3n) is 7.60. The lowest BCUT2D eigenvalue weighted by Crippen LogP contribution is -2.66. The van der Waals surface area contributed by atoms with Crippen LogP contribution in [0.2, 0.25) is 0 Å². The third kappa shape index (κ3) is 1.90. The van der Waals surface area contributed by atoms with Gasteiger partial charge in [-0.3, -0.25) is 4.90 Å². The van der Waals surface area contributed by atoms with Gasteiger partial charge in [0.2, 0.25) is 0 Å². The van der Waals surface area contributed by atoms with Gasteiger partial charge in [-0.2, -0.15) is 0 Å². The molecule has 4 atom stereocenters. The first kappa shape index (κ1) is 15.5. The number of likely N-dealkylation sites (tertiary alicyclic amines) is 1. The van der Waals surface area contributed by atoms with E-state index in [1.54, 1.807) is 11.1 Å². The van der Waals surface area contributed by atoms with Crippen LogP contribution in [0.5, 0.6) is 0 Å². The summed E-state index contributed by atoms with van der Waals surface area (Å²) in [5.41, 5.74) is 3.84. The molecule has 1 fully saturated rings. The van der Waals surface area contributed by atoms with Gasteiger partial charge in [0.15, 0.2) is 0 Å². The molecule has 1 N–H and O–H groups in total. The first-order chi connectivity index (χ1) is 11.2. The number of nitrogens with zero attached hydrogens (tertiary/aromatic N) is 1. The molecule has 0 radical (unpaired) electrons. The summed E-state index contributed by atoms with van der Waals surface area (Å²) >= 11 is 0. The fourth-order valence-corrected chi connectivity index (χ4v) is 6.63. The maximum atomic E-state index is 10.0. The SMILES string of the molecule is C#CCN1C[C@H]2CCC3=C(CCC3)[C@@]3(CCO)C1C=CCC23C. The molecule has 4 rings (SSSR count). The van der Waals surface area contributed by atoms with Crippen LogP contribution in [0.25, 0.3) is 0 Å². The van der Waals surface area contributed by atoms with Crippen molar-refractivity contribution in [2.45, 2.75) is 57.9 Å². The van der Waals surface area contributed by atoms with E-state index in [4.69, 9.17) is 6.42 Å². The molecule has 0 aromatic heterocycles. The summed E-state index contributed by atoms with van der Waals surface area (Å²) in [7, 11) is 0. The zero-order chi connectivity index (χ0) is 16.1. The summed E-state index contributed by atoms with van der Waals surface area (Å²) in [6.45, 7) is 4.67. The molecule has 2 unspecified atom stereocenters. The van der Waals surface area contributed by atoms with Crippen molar-refractivity contribution >= 4 is 0 Å². The van der Waals surface area contributed by atoms with Gasteiger partial charge in [0, 0.05) is 24.6 Å². The minimum Gasteiger partial charge on any atom is -0.396 e. The summed E-state index contributed by atoms with van der Waals surface area (Å²) in [6, 6.07) is 0.377. The monoisotopic (exact) mass is 311 g/mol. The largest absolute Gasteiger partial charge is 0.396 e. The molecule has 2 heteroatoms. The van der Waals surface area contributed by atoms with Crippen molar-refractivity contribution in [1.29, 1.82) is 0 Å². The van der Waals surface area contributed by atoms with E-state index in [0.717, 1.165) is 25.9 Å². The average Bonchev–Trinajstić information content (AvgIpc) is 2.97. The van der Waals surface area contributed by atoms with Crippen molar-refractivity contribution in [1.82, 2.24) is 4.90 Å². The van der Waals surface area contributed by atoms with E-state index < -0.39 is 0 Å².